The Morgan fingerprint density at radius 3 is 2.62 bits per heavy atom. The van der Waals surface area contributed by atoms with Crippen LogP contribution in [0.5, 0.6) is 0 Å². The predicted octanol–water partition coefficient (Wildman–Crippen LogP) is 3.34. The second kappa shape index (κ2) is 6.83. The lowest BCUT2D eigenvalue weighted by Crippen LogP contribution is -2.44. The molecule has 0 bridgehead atoms. The van der Waals surface area contributed by atoms with Crippen LogP contribution in [-0.2, 0) is 9.47 Å². The van der Waals surface area contributed by atoms with E-state index in [1.165, 1.54) is 12.8 Å². The van der Waals surface area contributed by atoms with E-state index in [1.54, 1.807) is 4.90 Å². The molecule has 24 heavy (non-hydrogen) atoms. The zero-order valence-corrected chi connectivity index (χ0v) is 15.4. The Hall–Kier alpha value is -0.810. The summed E-state index contributed by atoms with van der Waals surface area (Å²) >= 11 is 0. The van der Waals surface area contributed by atoms with Crippen molar-refractivity contribution < 1.29 is 19.4 Å². The van der Waals surface area contributed by atoms with Crippen molar-refractivity contribution in [2.24, 2.45) is 11.8 Å². The fourth-order valence-electron chi connectivity index (χ4n) is 4.67. The Morgan fingerprint density at radius 2 is 1.96 bits per heavy atom. The van der Waals surface area contributed by atoms with Crippen LogP contribution in [0.4, 0.5) is 4.79 Å². The maximum Gasteiger partial charge on any atom is 0.410 e. The van der Waals surface area contributed by atoms with E-state index in [4.69, 9.17) is 9.47 Å². The maximum absolute atomic E-state index is 12.2. The van der Waals surface area contributed by atoms with Gasteiger partial charge in [0.25, 0.3) is 0 Å². The molecule has 5 heteroatoms. The normalized spacial score (nSPS) is 31.4. The van der Waals surface area contributed by atoms with Gasteiger partial charge < -0.3 is 19.5 Å². The van der Waals surface area contributed by atoms with E-state index >= 15 is 0 Å². The lowest BCUT2D eigenvalue weighted by Gasteiger charge is -2.41. The van der Waals surface area contributed by atoms with E-state index < -0.39 is 5.60 Å². The standard InChI is InChI=1S/C19H33NO4/c1-18(2,3)24-17(22)20-10-6-15(13-20)16(21)14-7-11-23-19(12-14)8-4-5-9-19/h14-16,21H,4-13H2,1-3H3. The van der Waals surface area contributed by atoms with Gasteiger partial charge in [-0.15, -0.1) is 0 Å². The van der Waals surface area contributed by atoms with Crippen molar-refractivity contribution in [2.45, 2.75) is 83.0 Å². The number of rotatable bonds is 2. The Balaban J connectivity index is 1.54. The lowest BCUT2D eigenvalue weighted by molar-refractivity contribution is -0.119. The molecule has 3 rings (SSSR count). The SMILES string of the molecule is CC(C)(C)OC(=O)N1CCC(C(O)C2CCOC3(CCCC3)C2)C1. The van der Waals surface area contributed by atoms with Crippen molar-refractivity contribution in [2.75, 3.05) is 19.7 Å². The Kier molecular flexibility index (Phi) is 5.12. The van der Waals surface area contributed by atoms with Gasteiger partial charge in [0.05, 0.1) is 11.7 Å². The predicted molar refractivity (Wildman–Crippen MR) is 91.8 cm³/mol. The highest BCUT2D eigenvalue weighted by Crippen LogP contribution is 2.44. The molecule has 3 atom stereocenters. The van der Waals surface area contributed by atoms with E-state index in [0.29, 0.717) is 19.0 Å². The van der Waals surface area contributed by atoms with Gasteiger partial charge in [0.1, 0.15) is 5.60 Å². The number of hydrogen-bond acceptors (Lipinski definition) is 4. The average molecular weight is 339 g/mol. The summed E-state index contributed by atoms with van der Waals surface area (Å²) in [7, 11) is 0. The van der Waals surface area contributed by atoms with Crippen LogP contribution in [-0.4, -0.2) is 53.1 Å². The van der Waals surface area contributed by atoms with Gasteiger partial charge in [0.15, 0.2) is 0 Å². The Morgan fingerprint density at radius 1 is 1.25 bits per heavy atom. The van der Waals surface area contributed by atoms with E-state index in [9.17, 15) is 9.90 Å². The first kappa shape index (κ1) is 18.0. The molecule has 1 amide bonds. The fraction of sp³-hybridized carbons (Fsp3) is 0.947. The first-order valence-corrected chi connectivity index (χ1v) is 9.58. The zero-order valence-electron chi connectivity index (χ0n) is 15.4. The number of aliphatic hydroxyl groups is 1. The van der Waals surface area contributed by atoms with Gasteiger partial charge in [0.2, 0.25) is 0 Å². The number of carbonyl (C=O) groups excluding carboxylic acids is 1. The van der Waals surface area contributed by atoms with Crippen LogP contribution in [0.25, 0.3) is 0 Å². The summed E-state index contributed by atoms with van der Waals surface area (Å²) < 4.78 is 11.5. The third-order valence-corrected chi connectivity index (χ3v) is 5.89. The number of amides is 1. The average Bonchev–Trinajstić information content (AvgIpc) is 3.15. The minimum absolute atomic E-state index is 0.0351. The fourth-order valence-corrected chi connectivity index (χ4v) is 4.67. The van der Waals surface area contributed by atoms with E-state index in [1.807, 2.05) is 20.8 Å². The largest absolute Gasteiger partial charge is 0.444 e. The minimum atomic E-state index is -0.469. The molecule has 0 radical (unpaired) electrons. The molecule has 0 aromatic rings. The van der Waals surface area contributed by atoms with Gasteiger partial charge in [0, 0.05) is 25.6 Å². The molecular weight excluding hydrogens is 306 g/mol. The summed E-state index contributed by atoms with van der Waals surface area (Å²) in [5.41, 5.74) is -0.434. The summed E-state index contributed by atoms with van der Waals surface area (Å²) in [5, 5.41) is 10.9. The number of likely N-dealkylation sites (tertiary alicyclic amines) is 1. The molecule has 1 N–H and O–H groups in total. The number of carbonyl (C=O) groups is 1. The number of hydrogen-bond donors (Lipinski definition) is 1. The molecule has 3 fully saturated rings. The third kappa shape index (κ3) is 4.05. The van der Waals surface area contributed by atoms with Crippen molar-refractivity contribution in [1.82, 2.24) is 4.90 Å². The summed E-state index contributed by atoms with van der Waals surface area (Å²) in [4.78, 5) is 14.0. The topological polar surface area (TPSA) is 59.0 Å². The summed E-state index contributed by atoms with van der Waals surface area (Å²) in [5.74, 6) is 0.472. The van der Waals surface area contributed by atoms with E-state index in [2.05, 4.69) is 0 Å². The molecule has 0 aromatic carbocycles. The van der Waals surface area contributed by atoms with Crippen LogP contribution in [0.1, 0.15) is 65.7 Å². The molecule has 2 aliphatic heterocycles. The molecule has 1 saturated carbocycles. The van der Waals surface area contributed by atoms with E-state index in [-0.39, 0.29) is 23.7 Å². The van der Waals surface area contributed by atoms with Gasteiger partial charge in [-0.1, -0.05) is 12.8 Å². The quantitative estimate of drug-likeness (QED) is 0.838. The number of ether oxygens (including phenoxy) is 2. The lowest BCUT2D eigenvalue weighted by atomic mass is 9.78. The molecule has 2 saturated heterocycles. The first-order valence-electron chi connectivity index (χ1n) is 9.58. The minimum Gasteiger partial charge on any atom is -0.444 e. The highest BCUT2D eigenvalue weighted by atomic mass is 16.6. The summed E-state index contributed by atoms with van der Waals surface area (Å²) in [6, 6.07) is 0. The van der Waals surface area contributed by atoms with Crippen molar-refractivity contribution in [1.29, 1.82) is 0 Å². The van der Waals surface area contributed by atoms with Crippen molar-refractivity contribution in [3.63, 3.8) is 0 Å². The second-order valence-electron chi connectivity index (χ2n) is 8.96. The van der Waals surface area contributed by atoms with Crippen molar-refractivity contribution in [3.05, 3.63) is 0 Å². The number of nitrogens with zero attached hydrogens (tertiary/aromatic N) is 1. The highest BCUT2D eigenvalue weighted by molar-refractivity contribution is 5.68. The number of aliphatic hydroxyl groups excluding tert-OH is 1. The molecule has 1 spiro atoms. The second-order valence-corrected chi connectivity index (χ2v) is 8.96. The van der Waals surface area contributed by atoms with Crippen LogP contribution < -0.4 is 0 Å². The van der Waals surface area contributed by atoms with E-state index in [0.717, 1.165) is 38.7 Å². The molecule has 2 heterocycles. The maximum atomic E-state index is 12.2. The zero-order chi connectivity index (χ0) is 17.4. The third-order valence-electron chi connectivity index (χ3n) is 5.89. The smallest absolute Gasteiger partial charge is 0.410 e. The van der Waals surface area contributed by atoms with Crippen LogP contribution in [0, 0.1) is 11.8 Å². The van der Waals surface area contributed by atoms with Gasteiger partial charge in [-0.2, -0.15) is 0 Å². The van der Waals surface area contributed by atoms with Gasteiger partial charge in [-0.25, -0.2) is 4.79 Å². The van der Waals surface area contributed by atoms with Crippen molar-refractivity contribution in [3.8, 4) is 0 Å². The molecule has 3 unspecified atom stereocenters. The van der Waals surface area contributed by atoms with Crippen LogP contribution >= 0.6 is 0 Å². The first-order chi connectivity index (χ1) is 11.3. The molecule has 5 nitrogen and oxygen atoms in total. The summed E-state index contributed by atoms with van der Waals surface area (Å²) in [6.45, 7) is 7.72. The van der Waals surface area contributed by atoms with Gasteiger partial charge in [-0.3, -0.25) is 0 Å². The molecular formula is C19H33NO4. The van der Waals surface area contributed by atoms with Gasteiger partial charge in [-0.05, 0) is 58.8 Å². The van der Waals surface area contributed by atoms with Crippen LogP contribution in [0.3, 0.4) is 0 Å². The van der Waals surface area contributed by atoms with Crippen molar-refractivity contribution >= 4 is 6.09 Å². The summed E-state index contributed by atoms with van der Waals surface area (Å²) in [6.07, 6.45) is 6.98. The molecule has 3 aliphatic rings. The van der Waals surface area contributed by atoms with Gasteiger partial charge >= 0.3 is 6.09 Å². The molecule has 0 aromatic heterocycles. The highest BCUT2D eigenvalue weighted by Gasteiger charge is 2.44. The molecule has 1 aliphatic carbocycles. The Bertz CT molecular complexity index is 453. The van der Waals surface area contributed by atoms with Crippen LogP contribution in [0.15, 0.2) is 0 Å². The van der Waals surface area contributed by atoms with Crippen LogP contribution in [0.2, 0.25) is 0 Å². The monoisotopic (exact) mass is 339 g/mol. The Labute approximate surface area is 145 Å². The molecule has 138 valence electrons.